The van der Waals surface area contributed by atoms with E-state index >= 15 is 0 Å². The first-order valence-corrected chi connectivity index (χ1v) is 6.53. The molecule has 108 valence electrons. The number of rotatable bonds is 5. The number of carbonyl (C=O) groups is 1. The molecule has 7 nitrogen and oxygen atoms in total. The van der Waals surface area contributed by atoms with E-state index in [1.807, 2.05) is 0 Å². The van der Waals surface area contributed by atoms with E-state index in [1.165, 1.54) is 18.3 Å². The topological polar surface area (TPSA) is 103 Å². The van der Waals surface area contributed by atoms with E-state index < -0.39 is 10.9 Å². The number of halogens is 1. The minimum absolute atomic E-state index is 0.0603. The van der Waals surface area contributed by atoms with Crippen molar-refractivity contribution < 1.29 is 19.6 Å². The SMILES string of the molecule is O=C(O)c1ncccc1COc1cccc([N+](=O)[O-])c1Br. The molecule has 0 fully saturated rings. The molecular weight excluding hydrogens is 344 g/mol. The summed E-state index contributed by atoms with van der Waals surface area (Å²) in [5, 5.41) is 19.8. The Morgan fingerprint density at radius 1 is 1.38 bits per heavy atom. The van der Waals surface area contributed by atoms with Crippen LogP contribution in [0.4, 0.5) is 5.69 Å². The lowest BCUT2D eigenvalue weighted by Gasteiger charge is -2.09. The average molecular weight is 353 g/mol. The van der Waals surface area contributed by atoms with Gasteiger partial charge in [-0.2, -0.15) is 0 Å². The highest BCUT2D eigenvalue weighted by molar-refractivity contribution is 9.10. The van der Waals surface area contributed by atoms with Crippen molar-refractivity contribution in [2.24, 2.45) is 0 Å². The smallest absolute Gasteiger partial charge is 0.354 e. The van der Waals surface area contributed by atoms with Crippen LogP contribution in [-0.4, -0.2) is 21.0 Å². The van der Waals surface area contributed by atoms with Gasteiger partial charge in [0.05, 0.1) is 4.92 Å². The molecule has 1 aromatic heterocycles. The summed E-state index contributed by atoms with van der Waals surface area (Å²) in [6, 6.07) is 7.53. The molecule has 1 aromatic carbocycles. The molecule has 1 N–H and O–H groups in total. The van der Waals surface area contributed by atoms with E-state index in [0.29, 0.717) is 5.56 Å². The van der Waals surface area contributed by atoms with Crippen molar-refractivity contribution in [1.82, 2.24) is 4.98 Å². The molecule has 0 spiro atoms. The maximum Gasteiger partial charge on any atom is 0.354 e. The standard InChI is InChI=1S/C13H9BrN2O5/c14-11-9(16(19)20)4-1-5-10(11)21-7-8-3-2-6-15-12(8)13(17)18/h1-6H,7H2,(H,17,18). The molecular formula is C13H9BrN2O5. The van der Waals surface area contributed by atoms with Crippen molar-refractivity contribution in [3.05, 3.63) is 62.4 Å². The second kappa shape index (κ2) is 6.31. The van der Waals surface area contributed by atoms with Crippen molar-refractivity contribution in [2.45, 2.75) is 6.61 Å². The molecule has 0 radical (unpaired) electrons. The van der Waals surface area contributed by atoms with Gasteiger partial charge in [-0.05, 0) is 28.1 Å². The number of aromatic nitrogens is 1. The van der Waals surface area contributed by atoms with Gasteiger partial charge in [0.1, 0.15) is 16.8 Å². The summed E-state index contributed by atoms with van der Waals surface area (Å²) in [5.74, 6) is -0.906. The van der Waals surface area contributed by atoms with Crippen LogP contribution in [0.3, 0.4) is 0 Å². The Bertz CT molecular complexity index is 705. The number of carboxylic acid groups (broad SMARTS) is 1. The third-order valence-corrected chi connectivity index (χ3v) is 3.41. The number of carboxylic acids is 1. The van der Waals surface area contributed by atoms with Gasteiger partial charge in [0, 0.05) is 17.8 Å². The Morgan fingerprint density at radius 2 is 2.14 bits per heavy atom. The number of aromatic carboxylic acids is 1. The predicted molar refractivity (Wildman–Crippen MR) is 76.3 cm³/mol. The molecule has 0 saturated carbocycles. The van der Waals surface area contributed by atoms with Crippen molar-refractivity contribution in [2.75, 3.05) is 0 Å². The van der Waals surface area contributed by atoms with Crippen LogP contribution in [0.15, 0.2) is 41.0 Å². The lowest BCUT2D eigenvalue weighted by Crippen LogP contribution is -2.08. The van der Waals surface area contributed by atoms with E-state index in [1.54, 1.807) is 18.2 Å². The minimum Gasteiger partial charge on any atom is -0.487 e. The molecule has 0 amide bonds. The predicted octanol–water partition coefficient (Wildman–Crippen LogP) is 3.03. The number of nitro benzene ring substituents is 1. The second-order valence-electron chi connectivity index (χ2n) is 3.95. The van der Waals surface area contributed by atoms with E-state index in [0.717, 1.165) is 0 Å². The van der Waals surface area contributed by atoms with Gasteiger partial charge in [-0.25, -0.2) is 9.78 Å². The number of ether oxygens (including phenoxy) is 1. The third kappa shape index (κ3) is 3.34. The molecule has 1 heterocycles. The highest BCUT2D eigenvalue weighted by Gasteiger charge is 2.17. The zero-order valence-electron chi connectivity index (χ0n) is 10.5. The molecule has 0 saturated heterocycles. The fraction of sp³-hybridized carbons (Fsp3) is 0.0769. The van der Waals surface area contributed by atoms with Gasteiger partial charge in [0.15, 0.2) is 5.69 Å². The Labute approximate surface area is 127 Å². The molecule has 2 aromatic rings. The molecule has 0 aliphatic heterocycles. The molecule has 21 heavy (non-hydrogen) atoms. The van der Waals surface area contributed by atoms with Gasteiger partial charge in [-0.1, -0.05) is 12.1 Å². The van der Waals surface area contributed by atoms with E-state index in [9.17, 15) is 14.9 Å². The first-order valence-electron chi connectivity index (χ1n) is 5.73. The normalized spacial score (nSPS) is 10.1. The number of benzene rings is 1. The fourth-order valence-corrected chi connectivity index (χ4v) is 2.18. The van der Waals surface area contributed by atoms with Crippen LogP contribution >= 0.6 is 15.9 Å². The average Bonchev–Trinajstić information content (AvgIpc) is 2.46. The molecule has 0 aliphatic carbocycles. The summed E-state index contributed by atoms with van der Waals surface area (Å²) in [5.41, 5.74) is 0.139. The third-order valence-electron chi connectivity index (χ3n) is 2.62. The number of nitrogens with zero attached hydrogens (tertiary/aromatic N) is 2. The van der Waals surface area contributed by atoms with E-state index in [-0.39, 0.29) is 28.2 Å². The fourth-order valence-electron chi connectivity index (χ4n) is 1.65. The van der Waals surface area contributed by atoms with Crippen LogP contribution in [0.5, 0.6) is 5.75 Å². The zero-order chi connectivity index (χ0) is 15.4. The van der Waals surface area contributed by atoms with Crippen molar-refractivity contribution >= 4 is 27.6 Å². The molecule has 0 unspecified atom stereocenters. The van der Waals surface area contributed by atoms with Crippen LogP contribution in [0, 0.1) is 10.1 Å². The van der Waals surface area contributed by atoms with Crippen molar-refractivity contribution in [3.8, 4) is 5.75 Å². The van der Waals surface area contributed by atoms with Crippen LogP contribution in [-0.2, 0) is 6.61 Å². The lowest BCUT2D eigenvalue weighted by atomic mass is 10.2. The molecule has 0 atom stereocenters. The van der Waals surface area contributed by atoms with Gasteiger partial charge in [0.25, 0.3) is 5.69 Å². The summed E-state index contributed by atoms with van der Waals surface area (Å²) >= 11 is 3.10. The molecule has 8 heteroatoms. The molecule has 0 bridgehead atoms. The van der Waals surface area contributed by atoms with Crippen LogP contribution in [0.2, 0.25) is 0 Å². The van der Waals surface area contributed by atoms with Crippen LogP contribution < -0.4 is 4.74 Å². The van der Waals surface area contributed by atoms with Crippen LogP contribution in [0.1, 0.15) is 16.1 Å². The first kappa shape index (κ1) is 14.9. The number of hydrogen-bond acceptors (Lipinski definition) is 5. The largest absolute Gasteiger partial charge is 0.487 e. The summed E-state index contributed by atoms with van der Waals surface area (Å²) in [6.07, 6.45) is 1.37. The maximum atomic E-state index is 11.0. The highest BCUT2D eigenvalue weighted by atomic mass is 79.9. The van der Waals surface area contributed by atoms with Gasteiger partial charge in [-0.15, -0.1) is 0 Å². The van der Waals surface area contributed by atoms with Gasteiger partial charge < -0.3 is 9.84 Å². The lowest BCUT2D eigenvalue weighted by molar-refractivity contribution is -0.385. The first-order chi connectivity index (χ1) is 10.0. The monoisotopic (exact) mass is 352 g/mol. The number of nitro groups is 1. The maximum absolute atomic E-state index is 11.0. The summed E-state index contributed by atoms with van der Waals surface area (Å²) < 4.78 is 5.65. The summed E-state index contributed by atoms with van der Waals surface area (Å²) in [4.78, 5) is 25.1. The summed E-state index contributed by atoms with van der Waals surface area (Å²) in [7, 11) is 0. The Kier molecular flexibility index (Phi) is 4.49. The van der Waals surface area contributed by atoms with Gasteiger partial charge >= 0.3 is 5.97 Å². The minimum atomic E-state index is -1.16. The Hall–Kier alpha value is -2.48. The molecule has 2 rings (SSSR count). The Balaban J connectivity index is 2.23. The summed E-state index contributed by atoms with van der Waals surface area (Å²) in [6.45, 7) is -0.0603. The van der Waals surface area contributed by atoms with Crippen molar-refractivity contribution in [1.29, 1.82) is 0 Å². The van der Waals surface area contributed by atoms with Crippen LogP contribution in [0.25, 0.3) is 0 Å². The number of pyridine rings is 1. The van der Waals surface area contributed by atoms with Crippen molar-refractivity contribution in [3.63, 3.8) is 0 Å². The van der Waals surface area contributed by atoms with E-state index in [2.05, 4.69) is 20.9 Å². The molecule has 0 aliphatic rings. The highest BCUT2D eigenvalue weighted by Crippen LogP contribution is 2.34. The second-order valence-corrected chi connectivity index (χ2v) is 4.74. The van der Waals surface area contributed by atoms with E-state index in [4.69, 9.17) is 9.84 Å². The van der Waals surface area contributed by atoms with Gasteiger partial charge in [-0.3, -0.25) is 10.1 Å². The zero-order valence-corrected chi connectivity index (χ0v) is 12.1. The quantitative estimate of drug-likeness (QED) is 0.655. The number of hydrogen-bond donors (Lipinski definition) is 1. The Morgan fingerprint density at radius 3 is 2.81 bits per heavy atom. The van der Waals surface area contributed by atoms with Gasteiger partial charge in [0.2, 0.25) is 0 Å².